The highest BCUT2D eigenvalue weighted by molar-refractivity contribution is 6.34. The second-order valence-corrected chi connectivity index (χ2v) is 5.03. The van der Waals surface area contributed by atoms with Crippen molar-refractivity contribution in [2.45, 2.75) is 31.7 Å². The summed E-state index contributed by atoms with van der Waals surface area (Å²) in [5, 5.41) is 7.96. The van der Waals surface area contributed by atoms with Crippen LogP contribution in [0.25, 0.3) is 0 Å². The Morgan fingerprint density at radius 2 is 2.06 bits per heavy atom. The third-order valence-corrected chi connectivity index (χ3v) is 3.84. The minimum Gasteiger partial charge on any atom is -0.384 e. The van der Waals surface area contributed by atoms with Gasteiger partial charge in [-0.15, -0.1) is 0 Å². The number of benzene rings is 1. The Kier molecular flexibility index (Phi) is 3.57. The summed E-state index contributed by atoms with van der Waals surface area (Å²) >= 11 is 6.13. The summed E-state index contributed by atoms with van der Waals surface area (Å²) in [6.45, 7) is 0. The van der Waals surface area contributed by atoms with Gasteiger partial charge in [0.1, 0.15) is 5.84 Å². The second kappa shape index (κ2) is 4.96. The lowest BCUT2D eigenvalue weighted by molar-refractivity contribution is 0.653. The van der Waals surface area contributed by atoms with Crippen LogP contribution in [0.2, 0.25) is 5.02 Å². The van der Waals surface area contributed by atoms with Gasteiger partial charge in [0.05, 0.1) is 5.02 Å². The molecule has 1 aliphatic rings. The molecule has 0 unspecified atom stereocenters. The highest BCUT2D eigenvalue weighted by Gasteiger charge is 2.20. The largest absolute Gasteiger partial charge is 0.384 e. The molecule has 92 valence electrons. The third-order valence-electron chi connectivity index (χ3n) is 3.52. The maximum absolute atomic E-state index is 7.40. The number of halogens is 1. The van der Waals surface area contributed by atoms with E-state index in [0.29, 0.717) is 16.6 Å². The van der Waals surface area contributed by atoms with Crippen LogP contribution in [-0.4, -0.2) is 18.9 Å². The number of hydrogen-bond acceptors (Lipinski definition) is 2. The molecule has 4 heteroatoms. The fourth-order valence-electron chi connectivity index (χ4n) is 2.44. The van der Waals surface area contributed by atoms with E-state index < -0.39 is 0 Å². The molecule has 0 heterocycles. The van der Waals surface area contributed by atoms with Crippen molar-refractivity contribution in [3.63, 3.8) is 0 Å². The van der Waals surface area contributed by atoms with Gasteiger partial charge in [-0.2, -0.15) is 0 Å². The molecule has 17 heavy (non-hydrogen) atoms. The van der Waals surface area contributed by atoms with Crippen molar-refractivity contribution in [3.8, 4) is 0 Å². The minimum atomic E-state index is 0.0186. The van der Waals surface area contributed by atoms with Gasteiger partial charge in [0.25, 0.3) is 0 Å². The summed E-state index contributed by atoms with van der Waals surface area (Å²) in [5.41, 5.74) is 7.16. The van der Waals surface area contributed by atoms with Crippen molar-refractivity contribution >= 4 is 23.1 Å². The Morgan fingerprint density at radius 3 is 2.59 bits per heavy atom. The second-order valence-electron chi connectivity index (χ2n) is 4.63. The molecule has 0 radical (unpaired) electrons. The molecule has 0 aliphatic heterocycles. The first-order valence-corrected chi connectivity index (χ1v) is 6.34. The van der Waals surface area contributed by atoms with Gasteiger partial charge in [0.2, 0.25) is 0 Å². The molecule has 0 atom stereocenters. The number of amidine groups is 1. The first-order valence-electron chi connectivity index (χ1n) is 5.96. The van der Waals surface area contributed by atoms with Crippen LogP contribution in [0.4, 0.5) is 5.69 Å². The maximum Gasteiger partial charge on any atom is 0.124 e. The number of anilines is 1. The third kappa shape index (κ3) is 2.55. The summed E-state index contributed by atoms with van der Waals surface area (Å²) in [7, 11) is 2.11. The number of rotatable bonds is 3. The van der Waals surface area contributed by atoms with Gasteiger partial charge in [-0.1, -0.05) is 24.4 Å². The highest BCUT2D eigenvalue weighted by Crippen LogP contribution is 2.29. The van der Waals surface area contributed by atoms with Crippen LogP contribution in [0.5, 0.6) is 0 Å². The van der Waals surface area contributed by atoms with Crippen molar-refractivity contribution in [2.75, 3.05) is 11.9 Å². The Balaban J connectivity index is 2.21. The lowest BCUT2D eigenvalue weighted by Gasteiger charge is -2.27. The van der Waals surface area contributed by atoms with E-state index in [-0.39, 0.29) is 5.84 Å². The lowest BCUT2D eigenvalue weighted by atomic mass is 10.1. The van der Waals surface area contributed by atoms with Gasteiger partial charge in [-0.05, 0) is 31.0 Å². The Bertz CT molecular complexity index is 425. The van der Waals surface area contributed by atoms with E-state index in [1.807, 2.05) is 18.2 Å². The minimum absolute atomic E-state index is 0.0186. The predicted molar refractivity (Wildman–Crippen MR) is 73.1 cm³/mol. The molecule has 3 nitrogen and oxygen atoms in total. The molecule has 1 saturated carbocycles. The highest BCUT2D eigenvalue weighted by atomic mass is 35.5. The summed E-state index contributed by atoms with van der Waals surface area (Å²) < 4.78 is 0. The monoisotopic (exact) mass is 251 g/mol. The molecule has 1 fully saturated rings. The molecule has 1 aromatic rings. The van der Waals surface area contributed by atoms with Crippen LogP contribution < -0.4 is 10.6 Å². The van der Waals surface area contributed by atoms with E-state index in [0.717, 1.165) is 5.69 Å². The molecule has 3 N–H and O–H groups in total. The van der Waals surface area contributed by atoms with E-state index in [4.69, 9.17) is 22.7 Å². The molecular formula is C13H18ClN3. The summed E-state index contributed by atoms with van der Waals surface area (Å²) in [5.74, 6) is 0.0186. The normalized spacial score (nSPS) is 16.1. The van der Waals surface area contributed by atoms with Crippen molar-refractivity contribution < 1.29 is 0 Å². The van der Waals surface area contributed by atoms with Crippen molar-refractivity contribution in [1.29, 1.82) is 5.41 Å². The Labute approximate surface area is 107 Å². The summed E-state index contributed by atoms with van der Waals surface area (Å²) in [4.78, 5) is 2.28. The van der Waals surface area contributed by atoms with E-state index in [1.165, 1.54) is 25.7 Å². The average molecular weight is 252 g/mol. The SMILES string of the molecule is CN(c1ccc(C(=N)N)c(Cl)c1)C1CCCC1. The van der Waals surface area contributed by atoms with Gasteiger partial charge < -0.3 is 10.6 Å². The van der Waals surface area contributed by atoms with Crippen LogP contribution in [0.15, 0.2) is 18.2 Å². The van der Waals surface area contributed by atoms with Crippen molar-refractivity contribution in [1.82, 2.24) is 0 Å². The van der Waals surface area contributed by atoms with Crippen LogP contribution in [0.3, 0.4) is 0 Å². The summed E-state index contributed by atoms with van der Waals surface area (Å²) in [6, 6.07) is 6.33. The maximum atomic E-state index is 7.40. The molecule has 1 aliphatic carbocycles. The molecule has 0 bridgehead atoms. The number of nitrogen functional groups attached to an aromatic ring is 1. The lowest BCUT2D eigenvalue weighted by Crippen LogP contribution is -2.28. The molecule has 2 rings (SSSR count). The van der Waals surface area contributed by atoms with E-state index >= 15 is 0 Å². The molecule has 0 saturated heterocycles. The zero-order chi connectivity index (χ0) is 12.4. The fourth-order valence-corrected chi connectivity index (χ4v) is 2.72. The predicted octanol–water partition coefficient (Wildman–Crippen LogP) is 3.00. The van der Waals surface area contributed by atoms with Gasteiger partial charge >= 0.3 is 0 Å². The number of hydrogen-bond donors (Lipinski definition) is 2. The van der Waals surface area contributed by atoms with Crippen LogP contribution >= 0.6 is 11.6 Å². The fraction of sp³-hybridized carbons (Fsp3) is 0.462. The zero-order valence-corrected chi connectivity index (χ0v) is 10.8. The van der Waals surface area contributed by atoms with E-state index in [9.17, 15) is 0 Å². The molecule has 1 aromatic carbocycles. The number of nitrogens with zero attached hydrogens (tertiary/aromatic N) is 1. The first-order chi connectivity index (χ1) is 8.09. The van der Waals surface area contributed by atoms with Crippen LogP contribution in [0.1, 0.15) is 31.2 Å². The number of nitrogens with two attached hydrogens (primary N) is 1. The summed E-state index contributed by atoms with van der Waals surface area (Å²) in [6.07, 6.45) is 5.13. The van der Waals surface area contributed by atoms with Gasteiger partial charge in [-0.25, -0.2) is 0 Å². The van der Waals surface area contributed by atoms with E-state index in [2.05, 4.69) is 11.9 Å². The van der Waals surface area contributed by atoms with Gasteiger partial charge in [-0.3, -0.25) is 5.41 Å². The Hall–Kier alpha value is -1.22. The Morgan fingerprint density at radius 1 is 1.41 bits per heavy atom. The van der Waals surface area contributed by atoms with E-state index in [1.54, 1.807) is 0 Å². The standard InChI is InChI=1S/C13H18ClN3/c1-17(9-4-2-3-5-9)10-6-7-11(13(15)16)12(14)8-10/h6-9H,2-5H2,1H3,(H3,15,16). The topological polar surface area (TPSA) is 53.1 Å². The molecule has 0 aromatic heterocycles. The van der Waals surface area contributed by atoms with Crippen LogP contribution in [0, 0.1) is 5.41 Å². The zero-order valence-electron chi connectivity index (χ0n) is 10.0. The van der Waals surface area contributed by atoms with Crippen LogP contribution in [-0.2, 0) is 0 Å². The van der Waals surface area contributed by atoms with Crippen molar-refractivity contribution in [3.05, 3.63) is 28.8 Å². The molecular weight excluding hydrogens is 234 g/mol. The smallest absolute Gasteiger partial charge is 0.124 e. The molecule has 0 spiro atoms. The average Bonchev–Trinajstić information content (AvgIpc) is 2.80. The quantitative estimate of drug-likeness (QED) is 0.641. The van der Waals surface area contributed by atoms with Gasteiger partial charge in [0, 0.05) is 24.3 Å². The van der Waals surface area contributed by atoms with Crippen molar-refractivity contribution in [2.24, 2.45) is 5.73 Å². The first kappa shape index (κ1) is 12.2. The molecule has 0 amide bonds. The number of nitrogens with one attached hydrogen (secondary N) is 1. The van der Waals surface area contributed by atoms with Gasteiger partial charge in [0.15, 0.2) is 0 Å².